The van der Waals surface area contributed by atoms with E-state index in [4.69, 9.17) is 14.2 Å². The van der Waals surface area contributed by atoms with Crippen molar-refractivity contribution in [2.24, 2.45) is 5.92 Å². The number of hydrogen-bond donors (Lipinski definition) is 0. The second kappa shape index (κ2) is 16.0. The lowest BCUT2D eigenvalue weighted by atomic mass is 10.1. The zero-order chi connectivity index (χ0) is 23.7. The van der Waals surface area contributed by atoms with E-state index >= 15 is 0 Å². The number of unbranched alkanes of at least 4 members (excludes halogenated alkanes) is 6. The first-order valence-corrected chi connectivity index (χ1v) is 12.4. The first-order valence-electron chi connectivity index (χ1n) is 12.4. The summed E-state index contributed by atoms with van der Waals surface area (Å²) in [4.78, 5) is 12.1. The zero-order valence-corrected chi connectivity index (χ0v) is 20.4. The number of carbonyl (C=O) groups excluding carboxylic acids is 1. The van der Waals surface area contributed by atoms with Crippen LogP contribution in [0.25, 0.3) is 0 Å². The Kier molecular flexibility index (Phi) is 12.8. The van der Waals surface area contributed by atoms with Gasteiger partial charge in [-0.1, -0.05) is 52.0 Å². The highest BCUT2D eigenvalue weighted by Crippen LogP contribution is 2.24. The first-order chi connectivity index (χ1) is 16.1. The Labute approximate surface area is 200 Å². The fourth-order valence-electron chi connectivity index (χ4n) is 3.33. The molecular weight excluding hydrogens is 412 g/mol. The molecule has 0 bridgehead atoms. The molecule has 0 spiro atoms. The summed E-state index contributed by atoms with van der Waals surface area (Å²) in [6.45, 7) is 9.25. The molecule has 4 heteroatoms. The van der Waals surface area contributed by atoms with Crippen LogP contribution in [0, 0.1) is 5.92 Å². The average molecular weight is 453 g/mol. The predicted octanol–water partition coefficient (Wildman–Crippen LogP) is 8.37. The first kappa shape index (κ1) is 26.5. The molecule has 1 atom stereocenters. The molecule has 4 nitrogen and oxygen atoms in total. The second-order valence-corrected chi connectivity index (χ2v) is 8.58. The Hall–Kier alpha value is -2.75. The van der Waals surface area contributed by atoms with Gasteiger partial charge in [0.05, 0.1) is 18.8 Å². The van der Waals surface area contributed by atoms with Gasteiger partial charge in [0.15, 0.2) is 0 Å². The summed E-state index contributed by atoms with van der Waals surface area (Å²) in [6, 6.07) is 14.7. The lowest BCUT2D eigenvalue weighted by molar-refractivity contribution is 0.0484. The van der Waals surface area contributed by atoms with Crippen LogP contribution in [-0.4, -0.2) is 19.2 Å². The highest BCUT2D eigenvalue weighted by Gasteiger charge is 2.09. The molecule has 2 aromatic rings. The quantitative estimate of drug-likeness (QED) is 0.137. The van der Waals surface area contributed by atoms with E-state index in [1.54, 1.807) is 24.3 Å². The van der Waals surface area contributed by atoms with Gasteiger partial charge >= 0.3 is 5.97 Å². The number of rotatable bonds is 17. The van der Waals surface area contributed by atoms with Crippen molar-refractivity contribution < 1.29 is 19.0 Å². The Morgan fingerprint density at radius 2 is 1.42 bits per heavy atom. The Morgan fingerprint density at radius 3 is 2.06 bits per heavy atom. The maximum Gasteiger partial charge on any atom is 0.338 e. The van der Waals surface area contributed by atoms with Gasteiger partial charge in [-0.05, 0) is 80.1 Å². The lowest BCUT2D eigenvalue weighted by Crippen LogP contribution is -2.08. The molecule has 180 valence electrons. The molecule has 0 aliphatic carbocycles. The van der Waals surface area contributed by atoms with Crippen LogP contribution in [0.2, 0.25) is 0 Å². The van der Waals surface area contributed by atoms with Crippen LogP contribution < -0.4 is 9.47 Å². The van der Waals surface area contributed by atoms with Crippen molar-refractivity contribution in [2.45, 2.75) is 71.6 Å². The third-order valence-electron chi connectivity index (χ3n) is 5.76. The van der Waals surface area contributed by atoms with Gasteiger partial charge in [-0.2, -0.15) is 0 Å². The number of ether oxygens (including phenoxy) is 3. The molecule has 0 saturated carbocycles. The molecular formula is C29H40O4. The predicted molar refractivity (Wildman–Crippen MR) is 135 cm³/mol. The Morgan fingerprint density at radius 1 is 0.848 bits per heavy atom. The molecule has 0 fully saturated rings. The smallest absolute Gasteiger partial charge is 0.338 e. The van der Waals surface area contributed by atoms with Gasteiger partial charge in [-0.15, -0.1) is 6.58 Å². The molecule has 2 rings (SSSR count). The molecule has 33 heavy (non-hydrogen) atoms. The number of carbonyl (C=O) groups is 1. The number of benzene rings is 2. The van der Waals surface area contributed by atoms with Crippen molar-refractivity contribution in [3.63, 3.8) is 0 Å². The molecule has 0 heterocycles. The number of allylic oxidation sites excluding steroid dienone is 1. The topological polar surface area (TPSA) is 44.8 Å². The molecule has 0 radical (unpaired) electrons. The van der Waals surface area contributed by atoms with E-state index in [0.29, 0.717) is 23.8 Å². The minimum absolute atomic E-state index is 0.293. The van der Waals surface area contributed by atoms with Gasteiger partial charge in [-0.25, -0.2) is 4.79 Å². The molecule has 0 unspecified atom stereocenters. The van der Waals surface area contributed by atoms with Gasteiger partial charge in [0, 0.05) is 0 Å². The van der Waals surface area contributed by atoms with E-state index in [0.717, 1.165) is 43.8 Å². The highest BCUT2D eigenvalue weighted by molar-refractivity contribution is 5.89. The zero-order valence-electron chi connectivity index (χ0n) is 20.4. The second-order valence-electron chi connectivity index (χ2n) is 8.58. The molecule has 0 aliphatic heterocycles. The lowest BCUT2D eigenvalue weighted by Gasteiger charge is -2.10. The Bertz CT molecular complexity index is 795. The van der Waals surface area contributed by atoms with E-state index in [2.05, 4.69) is 20.4 Å². The Balaban J connectivity index is 1.66. The third kappa shape index (κ3) is 11.1. The van der Waals surface area contributed by atoms with Crippen LogP contribution in [0.3, 0.4) is 0 Å². The van der Waals surface area contributed by atoms with E-state index in [1.807, 2.05) is 30.3 Å². The fraction of sp³-hybridized carbons (Fsp3) is 0.483. The van der Waals surface area contributed by atoms with Gasteiger partial charge in [-0.3, -0.25) is 0 Å². The van der Waals surface area contributed by atoms with Crippen molar-refractivity contribution in [1.29, 1.82) is 0 Å². The minimum atomic E-state index is -0.293. The van der Waals surface area contributed by atoms with Crippen LogP contribution >= 0.6 is 0 Å². The monoisotopic (exact) mass is 452 g/mol. The van der Waals surface area contributed by atoms with E-state index in [1.165, 1.54) is 32.1 Å². The number of esters is 1. The third-order valence-corrected chi connectivity index (χ3v) is 5.76. The molecule has 2 aromatic carbocycles. The summed E-state index contributed by atoms with van der Waals surface area (Å²) >= 11 is 0. The number of hydrogen-bond acceptors (Lipinski definition) is 4. The molecule has 0 aliphatic rings. The van der Waals surface area contributed by atoms with Crippen molar-refractivity contribution in [3.8, 4) is 17.2 Å². The van der Waals surface area contributed by atoms with Crippen LogP contribution in [0.1, 0.15) is 82.0 Å². The van der Waals surface area contributed by atoms with Crippen molar-refractivity contribution in [1.82, 2.24) is 0 Å². The average Bonchev–Trinajstić information content (AvgIpc) is 2.84. The summed E-state index contributed by atoms with van der Waals surface area (Å²) in [7, 11) is 0. The largest absolute Gasteiger partial charge is 0.494 e. The van der Waals surface area contributed by atoms with Crippen LogP contribution in [0.4, 0.5) is 0 Å². The summed E-state index contributed by atoms with van der Waals surface area (Å²) < 4.78 is 17.1. The van der Waals surface area contributed by atoms with Crippen LogP contribution in [0.15, 0.2) is 61.2 Å². The van der Waals surface area contributed by atoms with Crippen LogP contribution in [-0.2, 0) is 4.74 Å². The molecule has 0 saturated heterocycles. The summed E-state index contributed by atoms with van der Waals surface area (Å²) in [5.41, 5.74) is 0.534. The van der Waals surface area contributed by atoms with E-state index in [9.17, 15) is 4.79 Å². The summed E-state index contributed by atoms with van der Waals surface area (Å²) in [5, 5.41) is 0. The molecule has 0 N–H and O–H groups in total. The van der Waals surface area contributed by atoms with Gasteiger partial charge < -0.3 is 14.2 Å². The van der Waals surface area contributed by atoms with Crippen LogP contribution in [0.5, 0.6) is 17.2 Å². The van der Waals surface area contributed by atoms with Gasteiger partial charge in [0.1, 0.15) is 17.2 Å². The van der Waals surface area contributed by atoms with E-state index < -0.39 is 0 Å². The van der Waals surface area contributed by atoms with Crippen molar-refractivity contribution >= 4 is 5.97 Å². The fourth-order valence-corrected chi connectivity index (χ4v) is 3.33. The molecule has 0 amide bonds. The normalized spacial score (nSPS) is 11.6. The van der Waals surface area contributed by atoms with Gasteiger partial charge in [0.2, 0.25) is 0 Å². The van der Waals surface area contributed by atoms with Gasteiger partial charge in [0.25, 0.3) is 0 Å². The standard InChI is InChI=1S/C29H40O4/c1-4-6-7-8-9-10-11-12-22-31-26-17-19-28(20-18-26)33-27-15-13-25(14-16-27)29(30)32-23-21-24(3)5-2/h4,13-20,24H,1,5-12,21-23H2,2-3H3/t24-/m0/s1. The van der Waals surface area contributed by atoms with E-state index in [-0.39, 0.29) is 5.97 Å². The minimum Gasteiger partial charge on any atom is -0.494 e. The maximum absolute atomic E-state index is 12.1. The highest BCUT2D eigenvalue weighted by atomic mass is 16.5. The summed E-state index contributed by atoms with van der Waals surface area (Å²) in [5.74, 6) is 2.52. The van der Waals surface area contributed by atoms with Crippen molar-refractivity contribution in [3.05, 3.63) is 66.7 Å². The van der Waals surface area contributed by atoms with Crippen molar-refractivity contribution in [2.75, 3.05) is 13.2 Å². The maximum atomic E-state index is 12.1. The molecule has 0 aromatic heterocycles. The SMILES string of the molecule is C=CCCCCCCCCOc1ccc(Oc2ccc(C(=O)OCC[C@@H](C)CC)cc2)cc1. The summed E-state index contributed by atoms with van der Waals surface area (Å²) in [6.07, 6.45) is 12.5.